The number of amides is 3. The summed E-state index contributed by atoms with van der Waals surface area (Å²) in [6.07, 6.45) is -0.948. The van der Waals surface area contributed by atoms with E-state index >= 15 is 0 Å². The Hall–Kier alpha value is -4.37. The van der Waals surface area contributed by atoms with E-state index in [-0.39, 0.29) is 30.2 Å². The van der Waals surface area contributed by atoms with Crippen LogP contribution in [0, 0.1) is 19.3 Å². The quantitative estimate of drug-likeness (QED) is 0.263. The van der Waals surface area contributed by atoms with E-state index in [4.69, 9.17) is 4.74 Å². The maximum Gasteiger partial charge on any atom is 0.254 e. The predicted octanol–water partition coefficient (Wildman–Crippen LogP) is 4.05. The number of ether oxygens (including phenoxy) is 1. The van der Waals surface area contributed by atoms with E-state index in [1.54, 1.807) is 25.1 Å². The molecule has 9 nitrogen and oxygen atoms in total. The Labute approximate surface area is 259 Å². The molecule has 44 heavy (non-hydrogen) atoms. The van der Waals surface area contributed by atoms with Crippen LogP contribution in [-0.4, -0.2) is 64.2 Å². The van der Waals surface area contributed by atoms with E-state index < -0.39 is 35.4 Å². The molecule has 1 saturated heterocycles. The SMILES string of the molecule is CCOc1cccc(C[C@H](NC(=O)c2cccc(O)c2C)[C@H](O)C(=O)N2CCC(C)(C)[C@H]2C(=O)NCc2ccccc2C)c1. The second kappa shape index (κ2) is 13.9. The molecule has 3 amide bonds. The highest BCUT2D eigenvalue weighted by molar-refractivity contribution is 5.97. The summed E-state index contributed by atoms with van der Waals surface area (Å²) in [5.41, 5.74) is 2.86. The van der Waals surface area contributed by atoms with E-state index in [9.17, 15) is 24.6 Å². The molecule has 0 aliphatic carbocycles. The van der Waals surface area contributed by atoms with Gasteiger partial charge in [0.15, 0.2) is 6.10 Å². The van der Waals surface area contributed by atoms with Gasteiger partial charge < -0.3 is 30.5 Å². The maximum atomic E-state index is 14.0. The summed E-state index contributed by atoms with van der Waals surface area (Å²) in [6, 6.07) is 17.8. The van der Waals surface area contributed by atoms with Gasteiger partial charge in [-0.1, -0.05) is 56.3 Å². The van der Waals surface area contributed by atoms with Crippen LogP contribution in [-0.2, 0) is 22.6 Å². The molecule has 1 aliphatic rings. The van der Waals surface area contributed by atoms with E-state index in [1.807, 2.05) is 70.2 Å². The van der Waals surface area contributed by atoms with Crippen LogP contribution in [0.15, 0.2) is 66.7 Å². The smallest absolute Gasteiger partial charge is 0.254 e. The summed E-state index contributed by atoms with van der Waals surface area (Å²) >= 11 is 0. The number of nitrogens with zero attached hydrogens (tertiary/aromatic N) is 1. The number of aryl methyl sites for hydroxylation is 1. The molecule has 3 atom stereocenters. The van der Waals surface area contributed by atoms with Gasteiger partial charge in [0.2, 0.25) is 5.91 Å². The molecule has 1 aliphatic heterocycles. The summed E-state index contributed by atoms with van der Waals surface area (Å²) < 4.78 is 5.62. The minimum atomic E-state index is -1.65. The van der Waals surface area contributed by atoms with Crippen molar-refractivity contribution in [1.82, 2.24) is 15.5 Å². The zero-order chi connectivity index (χ0) is 32.0. The molecule has 3 aromatic rings. The average Bonchev–Trinajstić information content (AvgIpc) is 3.31. The number of hydrogen-bond acceptors (Lipinski definition) is 6. The van der Waals surface area contributed by atoms with E-state index in [0.29, 0.717) is 30.9 Å². The highest BCUT2D eigenvalue weighted by atomic mass is 16.5. The van der Waals surface area contributed by atoms with Crippen LogP contribution in [0.4, 0.5) is 0 Å². The number of aromatic hydroxyl groups is 1. The highest BCUT2D eigenvalue weighted by Crippen LogP contribution is 2.37. The summed E-state index contributed by atoms with van der Waals surface area (Å²) in [7, 11) is 0. The lowest BCUT2D eigenvalue weighted by atomic mass is 9.84. The van der Waals surface area contributed by atoms with Crippen LogP contribution in [0.25, 0.3) is 0 Å². The molecule has 0 aromatic heterocycles. The van der Waals surface area contributed by atoms with Gasteiger partial charge >= 0.3 is 0 Å². The first-order chi connectivity index (χ1) is 20.9. The third kappa shape index (κ3) is 7.39. The van der Waals surface area contributed by atoms with Crippen molar-refractivity contribution in [2.24, 2.45) is 5.41 Å². The number of benzene rings is 3. The highest BCUT2D eigenvalue weighted by Gasteiger charge is 2.49. The summed E-state index contributed by atoms with van der Waals surface area (Å²) in [5, 5.41) is 27.6. The zero-order valence-corrected chi connectivity index (χ0v) is 26.1. The van der Waals surface area contributed by atoms with Crippen molar-refractivity contribution in [2.75, 3.05) is 13.2 Å². The summed E-state index contributed by atoms with van der Waals surface area (Å²) in [4.78, 5) is 42.4. The van der Waals surface area contributed by atoms with Crippen molar-refractivity contribution >= 4 is 17.7 Å². The van der Waals surface area contributed by atoms with Crippen molar-refractivity contribution in [1.29, 1.82) is 0 Å². The number of phenols is 1. The van der Waals surface area contributed by atoms with Crippen LogP contribution in [0.1, 0.15) is 59.8 Å². The fourth-order valence-corrected chi connectivity index (χ4v) is 5.80. The number of rotatable bonds is 11. The molecule has 1 heterocycles. The number of carbonyl (C=O) groups excluding carboxylic acids is 3. The molecule has 4 N–H and O–H groups in total. The van der Waals surface area contributed by atoms with Gasteiger partial charge in [0.1, 0.15) is 17.5 Å². The Kier molecular flexibility index (Phi) is 10.3. The summed E-state index contributed by atoms with van der Waals surface area (Å²) in [5.74, 6) is -0.867. The number of likely N-dealkylation sites (tertiary alicyclic amines) is 1. The molecule has 1 fully saturated rings. The number of nitrogens with one attached hydrogen (secondary N) is 2. The van der Waals surface area contributed by atoms with E-state index in [0.717, 1.165) is 16.7 Å². The van der Waals surface area contributed by atoms with Gasteiger partial charge in [0, 0.05) is 24.2 Å². The van der Waals surface area contributed by atoms with Crippen molar-refractivity contribution in [3.8, 4) is 11.5 Å². The molecule has 0 saturated carbocycles. The third-order valence-corrected chi connectivity index (χ3v) is 8.46. The first kappa shape index (κ1) is 32.5. The van der Waals surface area contributed by atoms with Crippen LogP contribution in [0.5, 0.6) is 11.5 Å². The van der Waals surface area contributed by atoms with Gasteiger partial charge in [-0.3, -0.25) is 14.4 Å². The first-order valence-electron chi connectivity index (χ1n) is 15.0. The Bertz CT molecular complexity index is 1500. The van der Waals surface area contributed by atoms with E-state index in [2.05, 4.69) is 10.6 Å². The second-order valence-corrected chi connectivity index (χ2v) is 12.1. The van der Waals surface area contributed by atoms with Gasteiger partial charge in [-0.05, 0) is 80.0 Å². The number of aliphatic hydroxyl groups is 1. The van der Waals surface area contributed by atoms with Gasteiger partial charge in [-0.25, -0.2) is 0 Å². The van der Waals surface area contributed by atoms with Gasteiger partial charge in [0.05, 0.1) is 12.6 Å². The molecule has 3 aromatic carbocycles. The lowest BCUT2D eigenvalue weighted by molar-refractivity contribution is -0.148. The monoisotopic (exact) mass is 601 g/mol. The van der Waals surface area contributed by atoms with Crippen LogP contribution in [0.3, 0.4) is 0 Å². The minimum absolute atomic E-state index is 0.0333. The van der Waals surface area contributed by atoms with Gasteiger partial charge in [0.25, 0.3) is 11.8 Å². The number of aliphatic hydroxyl groups excluding tert-OH is 1. The molecular formula is C35H43N3O6. The molecule has 0 bridgehead atoms. The van der Waals surface area contributed by atoms with Crippen LogP contribution in [0.2, 0.25) is 0 Å². The maximum absolute atomic E-state index is 14.0. The molecule has 234 valence electrons. The molecule has 0 spiro atoms. The molecule has 0 unspecified atom stereocenters. The largest absolute Gasteiger partial charge is 0.508 e. The first-order valence-corrected chi connectivity index (χ1v) is 15.0. The minimum Gasteiger partial charge on any atom is -0.508 e. The number of hydrogen-bond donors (Lipinski definition) is 4. The Morgan fingerprint density at radius 3 is 2.50 bits per heavy atom. The van der Waals surface area contributed by atoms with Crippen molar-refractivity contribution in [3.63, 3.8) is 0 Å². The lowest BCUT2D eigenvalue weighted by Gasteiger charge is -2.34. The Balaban J connectivity index is 1.59. The van der Waals surface area contributed by atoms with Crippen molar-refractivity contribution in [3.05, 3.63) is 94.5 Å². The molecule has 0 radical (unpaired) electrons. The second-order valence-electron chi connectivity index (χ2n) is 12.1. The van der Waals surface area contributed by atoms with E-state index in [1.165, 1.54) is 11.0 Å². The lowest BCUT2D eigenvalue weighted by Crippen LogP contribution is -2.57. The Morgan fingerprint density at radius 2 is 1.77 bits per heavy atom. The number of phenolic OH excluding ortho intramolecular Hbond substituents is 1. The summed E-state index contributed by atoms with van der Waals surface area (Å²) in [6.45, 7) is 10.4. The fraction of sp³-hybridized carbons (Fsp3) is 0.400. The third-order valence-electron chi connectivity index (χ3n) is 8.46. The van der Waals surface area contributed by atoms with Crippen molar-refractivity contribution in [2.45, 2.75) is 72.2 Å². The Morgan fingerprint density at radius 1 is 1.05 bits per heavy atom. The topological polar surface area (TPSA) is 128 Å². The van der Waals surface area contributed by atoms with Crippen molar-refractivity contribution < 1.29 is 29.3 Å². The van der Waals surface area contributed by atoms with Gasteiger partial charge in [-0.15, -0.1) is 0 Å². The number of carbonyl (C=O) groups is 3. The normalized spacial score (nSPS) is 17.0. The molecule has 9 heteroatoms. The zero-order valence-electron chi connectivity index (χ0n) is 26.1. The standard InChI is InChI=1S/C35H43N3O6/c1-6-44-26-14-9-12-24(19-26)20-28(37-32(41)27-15-10-16-29(39)23(27)3)30(40)34(43)38-18-17-35(4,5)31(38)33(42)36-21-25-13-8-7-11-22(25)2/h7-16,19,28,30-31,39-40H,6,17-18,20-21H2,1-5H3,(H,36,42)(H,37,41)/t28-,30-,31+/m0/s1. The fourth-order valence-electron chi connectivity index (χ4n) is 5.80. The average molecular weight is 602 g/mol. The molecular weight excluding hydrogens is 558 g/mol. The predicted molar refractivity (Wildman–Crippen MR) is 168 cm³/mol. The van der Waals surface area contributed by atoms with Crippen LogP contribution < -0.4 is 15.4 Å². The van der Waals surface area contributed by atoms with Crippen LogP contribution >= 0.6 is 0 Å². The van der Waals surface area contributed by atoms with Gasteiger partial charge in [-0.2, -0.15) is 0 Å². The molecule has 4 rings (SSSR count).